The Balaban J connectivity index is 1.94. The van der Waals surface area contributed by atoms with Crippen LogP contribution in [0.3, 0.4) is 0 Å². The molecule has 9 heteroatoms. The van der Waals surface area contributed by atoms with Crippen molar-refractivity contribution >= 4 is 29.2 Å². The van der Waals surface area contributed by atoms with Gasteiger partial charge in [0.25, 0.3) is 17.5 Å². The van der Waals surface area contributed by atoms with Crippen LogP contribution in [0.4, 0.5) is 11.4 Å². The number of ether oxygens (including phenoxy) is 1. The van der Waals surface area contributed by atoms with Gasteiger partial charge in [-0.3, -0.25) is 19.7 Å². The number of hydrogen-bond donors (Lipinski definition) is 2. The van der Waals surface area contributed by atoms with Gasteiger partial charge >= 0.3 is 5.97 Å². The van der Waals surface area contributed by atoms with E-state index in [1.165, 1.54) is 13.0 Å². The minimum Gasteiger partial charge on any atom is -0.454 e. The molecule has 0 aliphatic rings. The van der Waals surface area contributed by atoms with Crippen molar-refractivity contribution in [1.82, 2.24) is 5.32 Å². The molecule has 29 heavy (non-hydrogen) atoms. The van der Waals surface area contributed by atoms with Crippen molar-refractivity contribution in [3.8, 4) is 0 Å². The molecule has 2 amide bonds. The van der Waals surface area contributed by atoms with Gasteiger partial charge in [0.2, 0.25) is 0 Å². The lowest BCUT2D eigenvalue weighted by Crippen LogP contribution is -2.40. The summed E-state index contributed by atoms with van der Waals surface area (Å²) in [5, 5.41) is 16.1. The van der Waals surface area contributed by atoms with Crippen LogP contribution >= 0.6 is 0 Å². The first-order valence-corrected chi connectivity index (χ1v) is 8.77. The number of anilines is 1. The standard InChI is InChI=1S/C20H21N3O6/c1-12-9-10-16(23(27)28)18(13(12)2)22-17(24)11-29-20(26)14(3)21-19(25)15-7-5-4-6-8-15/h4-10,14H,11H2,1-3H3,(H,21,25)(H,22,24)/t14-/m0/s1. The Kier molecular flexibility index (Phi) is 7.02. The molecular formula is C20H21N3O6. The van der Waals surface area contributed by atoms with Crippen LogP contribution < -0.4 is 10.6 Å². The Morgan fingerprint density at radius 1 is 1.10 bits per heavy atom. The quantitative estimate of drug-likeness (QED) is 0.418. The van der Waals surface area contributed by atoms with E-state index >= 15 is 0 Å². The number of nitro groups is 1. The Bertz CT molecular complexity index is 943. The maximum absolute atomic E-state index is 12.1. The molecule has 2 aromatic rings. The number of hydrogen-bond acceptors (Lipinski definition) is 6. The first-order valence-electron chi connectivity index (χ1n) is 8.77. The van der Waals surface area contributed by atoms with Crippen molar-refractivity contribution in [2.24, 2.45) is 0 Å². The predicted molar refractivity (Wildman–Crippen MR) is 106 cm³/mol. The predicted octanol–water partition coefficient (Wildman–Crippen LogP) is 2.51. The van der Waals surface area contributed by atoms with Gasteiger partial charge in [0.1, 0.15) is 11.7 Å². The largest absolute Gasteiger partial charge is 0.454 e. The minimum absolute atomic E-state index is 0.0569. The van der Waals surface area contributed by atoms with Gasteiger partial charge in [-0.15, -0.1) is 0 Å². The van der Waals surface area contributed by atoms with Gasteiger partial charge in [0.05, 0.1) is 4.92 Å². The number of nitrogens with zero attached hydrogens (tertiary/aromatic N) is 1. The average Bonchev–Trinajstić information content (AvgIpc) is 2.70. The zero-order valence-electron chi connectivity index (χ0n) is 16.2. The number of amides is 2. The summed E-state index contributed by atoms with van der Waals surface area (Å²) in [5.41, 5.74) is 1.49. The van der Waals surface area contributed by atoms with E-state index in [0.717, 1.165) is 5.56 Å². The molecule has 0 fully saturated rings. The van der Waals surface area contributed by atoms with Gasteiger partial charge in [-0.1, -0.05) is 24.3 Å². The first-order chi connectivity index (χ1) is 13.7. The van der Waals surface area contributed by atoms with E-state index in [9.17, 15) is 24.5 Å². The van der Waals surface area contributed by atoms with E-state index in [-0.39, 0.29) is 11.4 Å². The summed E-state index contributed by atoms with van der Waals surface area (Å²) < 4.78 is 4.91. The second-order valence-corrected chi connectivity index (χ2v) is 6.38. The Hall–Kier alpha value is -3.75. The van der Waals surface area contributed by atoms with Gasteiger partial charge in [-0.25, -0.2) is 4.79 Å². The molecule has 1 atom stereocenters. The van der Waals surface area contributed by atoms with E-state index < -0.39 is 35.4 Å². The Labute approximate surface area is 167 Å². The number of nitro benzene ring substituents is 1. The van der Waals surface area contributed by atoms with Crippen molar-refractivity contribution in [3.05, 3.63) is 69.3 Å². The highest BCUT2D eigenvalue weighted by Crippen LogP contribution is 2.30. The second kappa shape index (κ2) is 9.45. The molecule has 0 spiro atoms. The van der Waals surface area contributed by atoms with Crippen LogP contribution in [0.5, 0.6) is 0 Å². The monoisotopic (exact) mass is 399 g/mol. The Morgan fingerprint density at radius 2 is 1.76 bits per heavy atom. The van der Waals surface area contributed by atoms with Crippen LogP contribution in [0.1, 0.15) is 28.4 Å². The summed E-state index contributed by atoms with van der Waals surface area (Å²) in [6.07, 6.45) is 0. The van der Waals surface area contributed by atoms with Crippen molar-refractivity contribution in [2.45, 2.75) is 26.8 Å². The zero-order chi connectivity index (χ0) is 21.6. The number of carbonyl (C=O) groups is 3. The number of nitrogens with one attached hydrogen (secondary N) is 2. The third-order valence-corrected chi connectivity index (χ3v) is 4.26. The van der Waals surface area contributed by atoms with E-state index in [2.05, 4.69) is 10.6 Å². The lowest BCUT2D eigenvalue weighted by Gasteiger charge is -2.14. The van der Waals surface area contributed by atoms with Crippen molar-refractivity contribution < 1.29 is 24.0 Å². The fourth-order valence-corrected chi connectivity index (χ4v) is 2.48. The molecule has 0 unspecified atom stereocenters. The van der Waals surface area contributed by atoms with Gasteiger partial charge in [0.15, 0.2) is 6.61 Å². The van der Waals surface area contributed by atoms with E-state index in [1.54, 1.807) is 50.2 Å². The van der Waals surface area contributed by atoms with E-state index in [4.69, 9.17) is 4.74 Å². The molecule has 2 N–H and O–H groups in total. The normalized spacial score (nSPS) is 11.3. The molecule has 0 bridgehead atoms. The molecule has 0 saturated heterocycles. The fourth-order valence-electron chi connectivity index (χ4n) is 2.48. The van der Waals surface area contributed by atoms with Crippen LogP contribution in [0, 0.1) is 24.0 Å². The lowest BCUT2D eigenvalue weighted by atomic mass is 10.1. The van der Waals surface area contributed by atoms with Crippen LogP contribution in [0.2, 0.25) is 0 Å². The smallest absolute Gasteiger partial charge is 0.328 e. The molecule has 0 aliphatic carbocycles. The summed E-state index contributed by atoms with van der Waals surface area (Å²) in [5.74, 6) is -1.98. The summed E-state index contributed by atoms with van der Waals surface area (Å²) in [7, 11) is 0. The van der Waals surface area contributed by atoms with Crippen LogP contribution in [-0.2, 0) is 14.3 Å². The fraction of sp³-hybridized carbons (Fsp3) is 0.250. The molecule has 152 valence electrons. The number of benzene rings is 2. The third kappa shape index (κ3) is 5.61. The van der Waals surface area contributed by atoms with Gasteiger partial charge < -0.3 is 15.4 Å². The van der Waals surface area contributed by atoms with Crippen LogP contribution in [-0.4, -0.2) is 35.4 Å². The number of carbonyl (C=O) groups excluding carboxylic acids is 3. The van der Waals surface area contributed by atoms with Crippen molar-refractivity contribution in [2.75, 3.05) is 11.9 Å². The first kappa shape index (κ1) is 21.5. The average molecular weight is 399 g/mol. The van der Waals surface area contributed by atoms with Crippen molar-refractivity contribution in [3.63, 3.8) is 0 Å². The van der Waals surface area contributed by atoms with E-state index in [1.807, 2.05) is 0 Å². The van der Waals surface area contributed by atoms with Gasteiger partial charge in [-0.05, 0) is 44.0 Å². The molecule has 2 aromatic carbocycles. The molecule has 0 radical (unpaired) electrons. The van der Waals surface area contributed by atoms with Crippen LogP contribution in [0.15, 0.2) is 42.5 Å². The maximum Gasteiger partial charge on any atom is 0.328 e. The highest BCUT2D eigenvalue weighted by molar-refractivity contribution is 5.98. The summed E-state index contributed by atoms with van der Waals surface area (Å²) in [4.78, 5) is 46.8. The summed E-state index contributed by atoms with van der Waals surface area (Å²) >= 11 is 0. The summed E-state index contributed by atoms with van der Waals surface area (Å²) in [6, 6.07) is 10.2. The van der Waals surface area contributed by atoms with Gasteiger partial charge in [0, 0.05) is 11.6 Å². The molecule has 2 rings (SSSR count). The SMILES string of the molecule is Cc1ccc([N+](=O)[O-])c(NC(=O)COC(=O)[C@H](C)NC(=O)c2ccccc2)c1C. The van der Waals surface area contributed by atoms with Crippen LogP contribution in [0.25, 0.3) is 0 Å². The molecule has 0 aromatic heterocycles. The number of rotatable bonds is 7. The molecule has 9 nitrogen and oxygen atoms in total. The van der Waals surface area contributed by atoms with Gasteiger partial charge in [-0.2, -0.15) is 0 Å². The zero-order valence-corrected chi connectivity index (χ0v) is 16.2. The van der Waals surface area contributed by atoms with E-state index in [0.29, 0.717) is 11.1 Å². The lowest BCUT2D eigenvalue weighted by molar-refractivity contribution is -0.384. The highest BCUT2D eigenvalue weighted by atomic mass is 16.6. The molecular weight excluding hydrogens is 378 g/mol. The molecule has 0 saturated carbocycles. The molecule has 0 heterocycles. The Morgan fingerprint density at radius 3 is 2.38 bits per heavy atom. The minimum atomic E-state index is -0.981. The second-order valence-electron chi connectivity index (χ2n) is 6.38. The third-order valence-electron chi connectivity index (χ3n) is 4.26. The highest BCUT2D eigenvalue weighted by Gasteiger charge is 2.22. The maximum atomic E-state index is 12.1. The number of aryl methyl sites for hydroxylation is 1. The topological polar surface area (TPSA) is 128 Å². The molecule has 0 aliphatic heterocycles. The number of esters is 1. The summed E-state index contributed by atoms with van der Waals surface area (Å²) in [6.45, 7) is 4.18. The van der Waals surface area contributed by atoms with Crippen molar-refractivity contribution in [1.29, 1.82) is 0 Å².